The number of piperazine rings is 1. The second-order valence-electron chi connectivity index (χ2n) is 8.63. The Balaban J connectivity index is 1.30. The maximum atomic E-state index is 12.7. The minimum Gasteiger partial charge on any atom is -0.355 e. The van der Waals surface area contributed by atoms with Gasteiger partial charge in [-0.2, -0.15) is 5.10 Å². The number of likely N-dealkylation sites (N-methyl/N-ethyl adjacent to an activating group) is 1. The van der Waals surface area contributed by atoms with Crippen LogP contribution in [0.2, 0.25) is 0 Å². The van der Waals surface area contributed by atoms with E-state index < -0.39 is 0 Å². The quantitative estimate of drug-likeness (QED) is 0.771. The number of nitrogens with zero attached hydrogens (tertiary/aromatic N) is 6. The molecule has 0 aliphatic carbocycles. The van der Waals surface area contributed by atoms with Gasteiger partial charge in [0.25, 0.3) is 0 Å². The van der Waals surface area contributed by atoms with Crippen molar-refractivity contribution >= 4 is 22.6 Å². The monoisotopic (exact) mass is 413 g/mol. The Morgan fingerprint density at radius 1 is 1.17 bits per heavy atom. The lowest BCUT2D eigenvalue weighted by atomic mass is 9.95. The van der Waals surface area contributed by atoms with Gasteiger partial charge in [0.05, 0.1) is 5.69 Å². The Morgan fingerprint density at radius 2 is 1.90 bits per heavy atom. The van der Waals surface area contributed by atoms with Gasteiger partial charge in [-0.15, -0.1) is 0 Å². The number of aromatic nitrogens is 3. The Labute approximate surface area is 179 Å². The van der Waals surface area contributed by atoms with Crippen molar-refractivity contribution in [1.82, 2.24) is 29.9 Å². The molecule has 8 nitrogen and oxygen atoms in total. The number of fused-ring (bicyclic) bond motifs is 1. The summed E-state index contributed by atoms with van der Waals surface area (Å²) in [5.41, 5.74) is 2.16. The molecule has 0 radical (unpaired) electrons. The average molecular weight is 414 g/mol. The maximum Gasteiger partial charge on any atom is 0.223 e. The number of aryl methyl sites for hydroxylation is 2. The van der Waals surface area contributed by atoms with Gasteiger partial charge in [0, 0.05) is 76.4 Å². The fourth-order valence-corrected chi connectivity index (χ4v) is 4.64. The van der Waals surface area contributed by atoms with Crippen LogP contribution in [0.25, 0.3) is 10.9 Å². The number of amides is 1. The molecule has 30 heavy (non-hydrogen) atoms. The van der Waals surface area contributed by atoms with Gasteiger partial charge in [-0.25, -0.2) is 4.98 Å². The molecule has 2 aliphatic rings. The molecule has 4 heterocycles. The lowest BCUT2D eigenvalue weighted by Gasteiger charge is -2.33. The fourth-order valence-electron chi connectivity index (χ4n) is 4.64. The molecule has 2 aromatic heterocycles. The summed E-state index contributed by atoms with van der Waals surface area (Å²) < 4.78 is 2.05. The highest BCUT2D eigenvalue weighted by atomic mass is 16.1. The zero-order valence-corrected chi connectivity index (χ0v) is 18.6. The lowest BCUT2D eigenvalue weighted by Crippen LogP contribution is -2.48. The van der Waals surface area contributed by atoms with Gasteiger partial charge in [-0.3, -0.25) is 14.4 Å². The number of nitrogens with one attached hydrogen (secondary N) is 1. The molecule has 0 spiro atoms. The standard InChI is InChI=1S/C22H35N7O/c1-4-29-20-19(17(2)25-29)5-8-23-21(20)28-10-6-18(7-11-28)22(30)24-9-12-27-15-13-26(3)14-16-27/h5,8,18H,4,6-7,9-16H2,1-3H3,(H,24,30). The van der Waals surface area contributed by atoms with Gasteiger partial charge in [-0.1, -0.05) is 0 Å². The topological polar surface area (TPSA) is 69.5 Å². The fraction of sp³-hybridized carbons (Fsp3) is 0.682. The highest BCUT2D eigenvalue weighted by molar-refractivity contribution is 5.91. The van der Waals surface area contributed by atoms with E-state index in [0.29, 0.717) is 0 Å². The molecule has 0 unspecified atom stereocenters. The highest BCUT2D eigenvalue weighted by Gasteiger charge is 2.27. The summed E-state index contributed by atoms with van der Waals surface area (Å²) in [6.45, 7) is 12.8. The van der Waals surface area contributed by atoms with Crippen LogP contribution in [0.1, 0.15) is 25.5 Å². The number of carbonyl (C=O) groups excluding carboxylic acids is 1. The summed E-state index contributed by atoms with van der Waals surface area (Å²) in [5, 5.41) is 9.01. The van der Waals surface area contributed by atoms with E-state index in [2.05, 4.69) is 51.0 Å². The third kappa shape index (κ3) is 4.44. The number of hydrogen-bond donors (Lipinski definition) is 1. The van der Waals surface area contributed by atoms with E-state index >= 15 is 0 Å². The molecule has 0 bridgehead atoms. The van der Waals surface area contributed by atoms with Crippen molar-refractivity contribution in [2.24, 2.45) is 5.92 Å². The molecule has 2 aromatic rings. The number of carbonyl (C=O) groups is 1. The van der Waals surface area contributed by atoms with Gasteiger partial charge in [0.15, 0.2) is 5.82 Å². The van der Waals surface area contributed by atoms with E-state index in [1.165, 1.54) is 5.39 Å². The minimum atomic E-state index is 0.103. The van der Waals surface area contributed by atoms with Crippen LogP contribution in [-0.2, 0) is 11.3 Å². The highest BCUT2D eigenvalue weighted by Crippen LogP contribution is 2.30. The summed E-state index contributed by atoms with van der Waals surface area (Å²) in [7, 11) is 2.17. The third-order valence-electron chi connectivity index (χ3n) is 6.61. The molecular weight excluding hydrogens is 378 g/mol. The Morgan fingerprint density at radius 3 is 2.60 bits per heavy atom. The van der Waals surface area contributed by atoms with Gasteiger partial charge in [0.2, 0.25) is 5.91 Å². The van der Waals surface area contributed by atoms with Gasteiger partial charge in [-0.05, 0) is 39.8 Å². The van der Waals surface area contributed by atoms with E-state index in [4.69, 9.17) is 0 Å². The predicted octanol–water partition coefficient (Wildman–Crippen LogP) is 1.34. The van der Waals surface area contributed by atoms with Crippen molar-refractivity contribution in [2.45, 2.75) is 33.2 Å². The lowest BCUT2D eigenvalue weighted by molar-refractivity contribution is -0.125. The first-order valence-corrected chi connectivity index (χ1v) is 11.3. The first kappa shape index (κ1) is 21.1. The Bertz CT molecular complexity index is 864. The van der Waals surface area contributed by atoms with Crippen LogP contribution in [0.15, 0.2) is 12.3 Å². The predicted molar refractivity (Wildman–Crippen MR) is 120 cm³/mol. The van der Waals surface area contributed by atoms with Crippen LogP contribution in [0.3, 0.4) is 0 Å². The van der Waals surface area contributed by atoms with Crippen molar-refractivity contribution in [1.29, 1.82) is 0 Å². The molecule has 4 rings (SSSR count). The van der Waals surface area contributed by atoms with E-state index in [9.17, 15) is 4.79 Å². The van der Waals surface area contributed by atoms with Crippen LogP contribution in [0.5, 0.6) is 0 Å². The zero-order valence-electron chi connectivity index (χ0n) is 18.6. The summed E-state index contributed by atoms with van der Waals surface area (Å²) in [6, 6.07) is 2.05. The molecule has 0 saturated carbocycles. The third-order valence-corrected chi connectivity index (χ3v) is 6.61. The smallest absolute Gasteiger partial charge is 0.223 e. The zero-order chi connectivity index (χ0) is 21.1. The second kappa shape index (κ2) is 9.31. The Hall–Kier alpha value is -2.19. The van der Waals surface area contributed by atoms with Crippen molar-refractivity contribution in [2.75, 3.05) is 64.3 Å². The molecule has 0 atom stereocenters. The van der Waals surface area contributed by atoms with Gasteiger partial charge >= 0.3 is 0 Å². The number of piperidine rings is 1. The summed E-state index contributed by atoms with van der Waals surface area (Å²) in [5.74, 6) is 1.32. The first-order chi connectivity index (χ1) is 14.6. The van der Waals surface area contributed by atoms with Crippen LogP contribution in [-0.4, -0.2) is 89.9 Å². The van der Waals surface area contributed by atoms with E-state index in [-0.39, 0.29) is 11.8 Å². The molecule has 2 saturated heterocycles. The molecule has 2 aliphatic heterocycles. The van der Waals surface area contributed by atoms with E-state index in [1.54, 1.807) is 0 Å². The molecule has 1 amide bonds. The van der Waals surface area contributed by atoms with Gasteiger partial charge in [0.1, 0.15) is 5.52 Å². The SMILES string of the molecule is CCn1nc(C)c2ccnc(N3CCC(C(=O)NCCN4CCN(C)CC4)CC3)c21. The largest absolute Gasteiger partial charge is 0.355 e. The van der Waals surface area contributed by atoms with E-state index in [1.807, 2.05) is 16.9 Å². The molecule has 2 fully saturated rings. The number of pyridine rings is 1. The summed E-state index contributed by atoms with van der Waals surface area (Å²) >= 11 is 0. The van der Waals surface area contributed by atoms with Crippen LogP contribution in [0, 0.1) is 12.8 Å². The Kier molecular flexibility index (Phi) is 6.53. The van der Waals surface area contributed by atoms with Crippen molar-refractivity contribution < 1.29 is 4.79 Å². The minimum absolute atomic E-state index is 0.103. The molecule has 8 heteroatoms. The number of anilines is 1. The molecular formula is C22H35N7O. The van der Waals surface area contributed by atoms with Crippen molar-refractivity contribution in [3.63, 3.8) is 0 Å². The maximum absolute atomic E-state index is 12.7. The molecule has 0 aromatic carbocycles. The number of hydrogen-bond acceptors (Lipinski definition) is 6. The molecule has 164 valence electrons. The summed E-state index contributed by atoms with van der Waals surface area (Å²) in [6.07, 6.45) is 3.62. The van der Waals surface area contributed by atoms with E-state index in [0.717, 1.165) is 88.8 Å². The average Bonchev–Trinajstić information content (AvgIpc) is 3.11. The van der Waals surface area contributed by atoms with Gasteiger partial charge < -0.3 is 15.1 Å². The second-order valence-corrected chi connectivity index (χ2v) is 8.63. The number of rotatable bonds is 6. The normalized spacial score (nSPS) is 19.5. The van der Waals surface area contributed by atoms with Crippen molar-refractivity contribution in [3.8, 4) is 0 Å². The van der Waals surface area contributed by atoms with Crippen LogP contribution in [0.4, 0.5) is 5.82 Å². The van der Waals surface area contributed by atoms with Crippen molar-refractivity contribution in [3.05, 3.63) is 18.0 Å². The van der Waals surface area contributed by atoms with Crippen LogP contribution < -0.4 is 10.2 Å². The first-order valence-electron chi connectivity index (χ1n) is 11.3. The van der Waals surface area contributed by atoms with Crippen LogP contribution >= 0.6 is 0 Å². The molecule has 1 N–H and O–H groups in total. The summed E-state index contributed by atoms with van der Waals surface area (Å²) in [4.78, 5) is 24.5.